The van der Waals surface area contributed by atoms with Gasteiger partial charge in [0, 0.05) is 6.07 Å². The van der Waals surface area contributed by atoms with Crippen LogP contribution in [0.4, 0.5) is 0 Å². The molecule has 0 saturated carbocycles. The van der Waals surface area contributed by atoms with Crippen molar-refractivity contribution in [1.29, 1.82) is 0 Å². The molecule has 0 spiro atoms. The molecule has 1 aromatic carbocycles. The van der Waals surface area contributed by atoms with Crippen molar-refractivity contribution < 1.29 is 19.7 Å². The lowest BCUT2D eigenvalue weighted by atomic mass is 10.1. The third-order valence-corrected chi connectivity index (χ3v) is 2.67. The normalized spacial score (nSPS) is 17.5. The zero-order valence-corrected chi connectivity index (χ0v) is 10.8. The van der Waals surface area contributed by atoms with Crippen LogP contribution in [0.25, 0.3) is 5.57 Å². The molecule has 3 N–H and O–H groups in total. The van der Waals surface area contributed by atoms with Crippen molar-refractivity contribution in [3.63, 3.8) is 0 Å². The molecule has 19 heavy (non-hydrogen) atoms. The van der Waals surface area contributed by atoms with Gasteiger partial charge in [-0.1, -0.05) is 6.08 Å². The zero-order valence-electron chi connectivity index (χ0n) is 10.0. The molecule has 1 aliphatic heterocycles. The minimum absolute atomic E-state index is 0.0253. The minimum Gasteiger partial charge on any atom is -0.508 e. The van der Waals surface area contributed by atoms with Crippen molar-refractivity contribution in [1.82, 2.24) is 5.32 Å². The van der Waals surface area contributed by atoms with Crippen molar-refractivity contribution >= 4 is 28.9 Å². The summed E-state index contributed by atoms with van der Waals surface area (Å²) in [5, 5.41) is 21.1. The van der Waals surface area contributed by atoms with Crippen molar-refractivity contribution in [3.8, 4) is 11.5 Å². The third-order valence-electron chi connectivity index (χ3n) is 2.48. The fourth-order valence-electron chi connectivity index (χ4n) is 1.56. The van der Waals surface area contributed by atoms with Gasteiger partial charge in [0.25, 0.3) is 11.1 Å². The van der Waals surface area contributed by atoms with Crippen molar-refractivity contribution in [2.24, 2.45) is 0 Å². The van der Waals surface area contributed by atoms with Gasteiger partial charge in [-0.2, -0.15) is 0 Å². The summed E-state index contributed by atoms with van der Waals surface area (Å²) in [5.41, 5.74) is 1.38. The average molecular weight is 277 g/mol. The number of hydrogen-bond donors (Lipinski definition) is 3. The van der Waals surface area contributed by atoms with Gasteiger partial charge in [-0.15, -0.1) is 0 Å². The molecule has 6 heteroatoms. The summed E-state index contributed by atoms with van der Waals surface area (Å²) in [6.07, 6.45) is 3.11. The first kappa shape index (κ1) is 13.1. The highest BCUT2D eigenvalue weighted by Gasteiger charge is 2.22. The number of ether oxygens (including phenoxy) is 1. The summed E-state index contributed by atoms with van der Waals surface area (Å²) in [4.78, 5) is 11.3. The molecular formula is C13H11NO4S. The molecule has 0 atom stereocenters. The number of amides is 1. The minimum atomic E-state index is -0.396. The van der Waals surface area contributed by atoms with Crippen LogP contribution < -0.4 is 5.32 Å². The van der Waals surface area contributed by atoms with E-state index in [1.54, 1.807) is 13.0 Å². The molecule has 0 aromatic heterocycles. The molecule has 2 rings (SSSR count). The highest BCUT2D eigenvalue weighted by atomic mass is 32.1. The topological polar surface area (TPSA) is 78.8 Å². The first-order chi connectivity index (χ1) is 8.95. The number of nitrogens with one attached hydrogen (secondary N) is 1. The number of aromatic hydroxyl groups is 2. The molecule has 98 valence electrons. The highest BCUT2D eigenvalue weighted by molar-refractivity contribution is 7.80. The highest BCUT2D eigenvalue weighted by Crippen LogP contribution is 2.25. The molecule has 0 bridgehead atoms. The fourth-order valence-corrected chi connectivity index (χ4v) is 1.74. The maximum Gasteiger partial charge on any atom is 0.294 e. The van der Waals surface area contributed by atoms with E-state index in [4.69, 9.17) is 17.0 Å². The van der Waals surface area contributed by atoms with Crippen LogP contribution in [0, 0.1) is 0 Å². The second-order valence-electron chi connectivity index (χ2n) is 3.96. The van der Waals surface area contributed by atoms with Gasteiger partial charge in [-0.05, 0) is 48.5 Å². The standard InChI is InChI=1S/C13H11NO4S/c1-7(8-4-9(15)6-10(16)5-8)2-3-11-12(17)14-13(19)18-11/h2-6,15-16H,1H3,(H,14,17,19). The Kier molecular flexibility index (Phi) is 3.52. The van der Waals surface area contributed by atoms with E-state index < -0.39 is 5.91 Å². The summed E-state index contributed by atoms with van der Waals surface area (Å²) in [6, 6.07) is 4.25. The summed E-state index contributed by atoms with van der Waals surface area (Å²) < 4.78 is 5.00. The van der Waals surface area contributed by atoms with E-state index in [0.717, 1.165) is 5.57 Å². The van der Waals surface area contributed by atoms with Crippen LogP contribution in [0.5, 0.6) is 11.5 Å². The number of phenolic OH excluding ortho intramolecular Hbond substituents is 2. The number of thiocarbonyl (C=S) groups is 1. The smallest absolute Gasteiger partial charge is 0.294 e. The van der Waals surface area contributed by atoms with E-state index in [-0.39, 0.29) is 22.4 Å². The van der Waals surface area contributed by atoms with Crippen LogP contribution in [0.2, 0.25) is 0 Å². The zero-order chi connectivity index (χ0) is 14.0. The largest absolute Gasteiger partial charge is 0.508 e. The molecule has 1 fully saturated rings. The molecule has 1 aliphatic rings. The van der Waals surface area contributed by atoms with E-state index >= 15 is 0 Å². The number of carbonyl (C=O) groups is 1. The quantitative estimate of drug-likeness (QED) is 0.567. The van der Waals surface area contributed by atoms with Crippen LogP contribution >= 0.6 is 12.2 Å². The first-order valence-electron chi connectivity index (χ1n) is 5.41. The van der Waals surface area contributed by atoms with Gasteiger partial charge in [0.05, 0.1) is 0 Å². The van der Waals surface area contributed by atoms with E-state index in [1.165, 1.54) is 24.3 Å². The Morgan fingerprint density at radius 1 is 1.32 bits per heavy atom. The maximum absolute atomic E-state index is 11.3. The Hall–Kier alpha value is -2.34. The molecule has 0 radical (unpaired) electrons. The summed E-state index contributed by atoms with van der Waals surface area (Å²) in [7, 11) is 0. The summed E-state index contributed by atoms with van der Waals surface area (Å²) >= 11 is 4.70. The number of benzene rings is 1. The number of allylic oxidation sites excluding steroid dienone is 3. The number of phenols is 2. The SMILES string of the molecule is CC(=CC=C1OC(=S)NC1=O)c1cc(O)cc(O)c1. The van der Waals surface area contributed by atoms with Crippen molar-refractivity contribution in [2.45, 2.75) is 6.92 Å². The fraction of sp³-hybridized carbons (Fsp3) is 0.0769. The Bertz CT molecular complexity index is 599. The van der Waals surface area contributed by atoms with Crippen LogP contribution in [0.1, 0.15) is 12.5 Å². The molecule has 1 heterocycles. The van der Waals surface area contributed by atoms with Crippen molar-refractivity contribution in [3.05, 3.63) is 41.7 Å². The molecule has 1 aromatic rings. The van der Waals surface area contributed by atoms with Gasteiger partial charge in [-0.25, -0.2) is 0 Å². The molecule has 0 aliphatic carbocycles. The number of hydrogen-bond acceptors (Lipinski definition) is 5. The number of carbonyl (C=O) groups excluding carboxylic acids is 1. The van der Waals surface area contributed by atoms with Crippen LogP contribution in [-0.2, 0) is 9.53 Å². The average Bonchev–Trinajstić information content (AvgIpc) is 2.63. The Balaban J connectivity index is 2.26. The monoisotopic (exact) mass is 277 g/mol. The second kappa shape index (κ2) is 5.11. The Labute approximate surface area is 114 Å². The first-order valence-corrected chi connectivity index (χ1v) is 5.81. The predicted octanol–water partition coefficient (Wildman–Crippen LogP) is 1.82. The van der Waals surface area contributed by atoms with Gasteiger partial charge in [0.1, 0.15) is 11.5 Å². The van der Waals surface area contributed by atoms with Crippen LogP contribution in [0.3, 0.4) is 0 Å². The van der Waals surface area contributed by atoms with Gasteiger partial charge in [0.15, 0.2) is 5.76 Å². The molecule has 5 nitrogen and oxygen atoms in total. The summed E-state index contributed by atoms with van der Waals surface area (Å²) in [5.74, 6) is -0.362. The van der Waals surface area contributed by atoms with E-state index in [9.17, 15) is 15.0 Å². The second-order valence-corrected chi connectivity index (χ2v) is 4.33. The van der Waals surface area contributed by atoms with Crippen molar-refractivity contribution in [2.75, 3.05) is 0 Å². The van der Waals surface area contributed by atoms with Gasteiger partial charge in [0.2, 0.25) is 0 Å². The van der Waals surface area contributed by atoms with Gasteiger partial charge >= 0.3 is 0 Å². The van der Waals surface area contributed by atoms with Gasteiger partial charge in [-0.3, -0.25) is 10.1 Å². The number of rotatable bonds is 2. The molecule has 1 saturated heterocycles. The Morgan fingerprint density at radius 2 is 1.95 bits per heavy atom. The van der Waals surface area contributed by atoms with E-state index in [2.05, 4.69) is 5.32 Å². The third kappa shape index (κ3) is 3.11. The summed E-state index contributed by atoms with van der Waals surface area (Å²) in [6.45, 7) is 1.77. The van der Waals surface area contributed by atoms with E-state index in [1.807, 2.05) is 0 Å². The molecule has 1 amide bonds. The van der Waals surface area contributed by atoms with Crippen LogP contribution in [-0.4, -0.2) is 21.3 Å². The van der Waals surface area contributed by atoms with E-state index in [0.29, 0.717) is 5.56 Å². The predicted molar refractivity (Wildman–Crippen MR) is 73.3 cm³/mol. The maximum atomic E-state index is 11.3. The van der Waals surface area contributed by atoms with Crippen LogP contribution in [0.15, 0.2) is 36.1 Å². The van der Waals surface area contributed by atoms with Gasteiger partial charge < -0.3 is 14.9 Å². The Morgan fingerprint density at radius 3 is 2.47 bits per heavy atom. The lowest BCUT2D eigenvalue weighted by Gasteiger charge is -2.03. The lowest BCUT2D eigenvalue weighted by molar-refractivity contribution is -0.116. The molecular weight excluding hydrogens is 266 g/mol. The molecule has 0 unspecified atom stereocenters. The lowest BCUT2D eigenvalue weighted by Crippen LogP contribution is -2.18.